The van der Waals surface area contributed by atoms with Gasteiger partial charge in [-0.2, -0.15) is 0 Å². The van der Waals surface area contributed by atoms with E-state index in [2.05, 4.69) is 24.4 Å². The summed E-state index contributed by atoms with van der Waals surface area (Å²) in [4.78, 5) is 10.3. The Balaban J connectivity index is 2.72. The normalized spacial score (nSPS) is 9.86. The van der Waals surface area contributed by atoms with Gasteiger partial charge in [0.05, 0.1) is 0 Å². The minimum Gasteiger partial charge on any atom is -0.328 e. The second-order valence-electron chi connectivity index (χ2n) is 3.52. The van der Waals surface area contributed by atoms with Crippen LogP contribution in [0.4, 0.5) is 5.69 Å². The van der Waals surface area contributed by atoms with E-state index in [1.807, 2.05) is 13.0 Å². The van der Waals surface area contributed by atoms with Crippen molar-refractivity contribution in [1.82, 2.24) is 0 Å². The van der Waals surface area contributed by atoms with Crippen molar-refractivity contribution in [2.24, 2.45) is 0 Å². The zero-order valence-electron chi connectivity index (χ0n) is 8.84. The maximum absolute atomic E-state index is 10.3. The first-order chi connectivity index (χ1) is 6.77. The molecule has 0 saturated carbocycles. The van der Waals surface area contributed by atoms with Crippen LogP contribution in [0.3, 0.4) is 0 Å². The third-order valence-electron chi connectivity index (χ3n) is 2.32. The zero-order chi connectivity index (χ0) is 10.4. The molecule has 0 aliphatic carbocycles. The lowest BCUT2D eigenvalue weighted by Crippen LogP contribution is -1.97. The lowest BCUT2D eigenvalue weighted by Gasteiger charge is -2.06. The monoisotopic (exact) mass is 191 g/mol. The summed E-state index contributed by atoms with van der Waals surface area (Å²) in [7, 11) is 0. The third kappa shape index (κ3) is 2.87. The van der Waals surface area contributed by atoms with Crippen LogP contribution in [0.1, 0.15) is 30.9 Å². The molecule has 76 valence electrons. The van der Waals surface area contributed by atoms with Gasteiger partial charge in [0.15, 0.2) is 0 Å². The maximum atomic E-state index is 10.3. The Bertz CT molecular complexity index is 307. The van der Waals surface area contributed by atoms with Gasteiger partial charge in [0.1, 0.15) is 0 Å². The number of anilines is 1. The maximum Gasteiger partial charge on any atom is 0.211 e. The fourth-order valence-corrected chi connectivity index (χ4v) is 1.49. The second-order valence-corrected chi connectivity index (χ2v) is 3.52. The first-order valence-electron chi connectivity index (χ1n) is 5.07. The fraction of sp³-hybridized carbons (Fsp3) is 0.417. The zero-order valence-corrected chi connectivity index (χ0v) is 8.84. The van der Waals surface area contributed by atoms with Crippen molar-refractivity contribution in [2.75, 3.05) is 5.32 Å². The van der Waals surface area contributed by atoms with Crippen LogP contribution in [0.5, 0.6) is 0 Å². The fourth-order valence-electron chi connectivity index (χ4n) is 1.49. The van der Waals surface area contributed by atoms with Crippen LogP contribution in [0, 0.1) is 6.92 Å². The summed E-state index contributed by atoms with van der Waals surface area (Å²) in [6.07, 6.45) is 4.28. The molecule has 0 aromatic heterocycles. The van der Waals surface area contributed by atoms with E-state index in [1.165, 1.54) is 18.4 Å². The molecular formula is C12H17NO. The van der Waals surface area contributed by atoms with Crippen LogP contribution in [-0.2, 0) is 11.2 Å². The molecule has 0 aliphatic rings. The van der Waals surface area contributed by atoms with Crippen molar-refractivity contribution in [2.45, 2.75) is 33.1 Å². The molecule has 0 radical (unpaired) electrons. The van der Waals surface area contributed by atoms with E-state index >= 15 is 0 Å². The summed E-state index contributed by atoms with van der Waals surface area (Å²) < 4.78 is 0. The Hall–Kier alpha value is -1.31. The number of hydrogen-bond acceptors (Lipinski definition) is 1. The van der Waals surface area contributed by atoms with Crippen molar-refractivity contribution in [3.63, 3.8) is 0 Å². The van der Waals surface area contributed by atoms with Crippen LogP contribution in [0.25, 0.3) is 0 Å². The van der Waals surface area contributed by atoms with Crippen molar-refractivity contribution >= 4 is 12.1 Å². The predicted octanol–water partition coefficient (Wildman–Crippen LogP) is 2.91. The van der Waals surface area contributed by atoms with Gasteiger partial charge in [-0.1, -0.05) is 25.5 Å². The molecule has 1 aromatic carbocycles. The van der Waals surface area contributed by atoms with Gasteiger partial charge in [0.25, 0.3) is 0 Å². The van der Waals surface area contributed by atoms with E-state index < -0.39 is 0 Å². The number of hydrogen-bond donors (Lipinski definition) is 1. The van der Waals surface area contributed by atoms with Crippen molar-refractivity contribution in [3.05, 3.63) is 29.3 Å². The van der Waals surface area contributed by atoms with Gasteiger partial charge in [-0.15, -0.1) is 0 Å². The molecule has 1 N–H and O–H groups in total. The second kappa shape index (κ2) is 5.43. The van der Waals surface area contributed by atoms with Gasteiger partial charge < -0.3 is 5.32 Å². The van der Waals surface area contributed by atoms with Crippen molar-refractivity contribution in [1.29, 1.82) is 0 Å². The molecule has 0 saturated heterocycles. The highest BCUT2D eigenvalue weighted by atomic mass is 16.1. The SMILES string of the molecule is CCCCc1ccc(NC=O)c(C)c1. The van der Waals surface area contributed by atoms with Crippen LogP contribution in [0.2, 0.25) is 0 Å². The molecule has 1 aromatic rings. The van der Waals surface area contributed by atoms with E-state index in [0.717, 1.165) is 17.7 Å². The quantitative estimate of drug-likeness (QED) is 0.712. The van der Waals surface area contributed by atoms with Gasteiger partial charge in [0.2, 0.25) is 6.41 Å². The largest absolute Gasteiger partial charge is 0.328 e. The number of carbonyl (C=O) groups is 1. The molecule has 0 bridgehead atoms. The van der Waals surface area contributed by atoms with Gasteiger partial charge in [-0.25, -0.2) is 0 Å². The van der Waals surface area contributed by atoms with E-state index in [4.69, 9.17) is 0 Å². The molecule has 0 atom stereocenters. The summed E-state index contributed by atoms with van der Waals surface area (Å²) in [5, 5.41) is 2.68. The number of nitrogens with one attached hydrogen (secondary N) is 1. The Morgan fingerprint density at radius 1 is 1.43 bits per heavy atom. The number of aryl methyl sites for hydroxylation is 2. The Morgan fingerprint density at radius 3 is 2.79 bits per heavy atom. The first-order valence-corrected chi connectivity index (χ1v) is 5.07. The highest BCUT2D eigenvalue weighted by Crippen LogP contribution is 2.17. The standard InChI is InChI=1S/C12H17NO/c1-3-4-5-11-6-7-12(13-9-14)10(2)8-11/h6-9H,3-5H2,1-2H3,(H,13,14). The summed E-state index contributed by atoms with van der Waals surface area (Å²) in [5.74, 6) is 0. The Morgan fingerprint density at radius 2 is 2.21 bits per heavy atom. The highest BCUT2D eigenvalue weighted by Gasteiger charge is 1.98. The number of carbonyl (C=O) groups excluding carboxylic acids is 1. The molecule has 2 nitrogen and oxygen atoms in total. The lowest BCUT2D eigenvalue weighted by atomic mass is 10.0. The smallest absolute Gasteiger partial charge is 0.211 e. The number of amides is 1. The van der Waals surface area contributed by atoms with Gasteiger partial charge in [-0.3, -0.25) is 4.79 Å². The summed E-state index contributed by atoms with van der Waals surface area (Å²) >= 11 is 0. The Kier molecular flexibility index (Phi) is 4.17. The number of unbranched alkanes of at least 4 members (excludes halogenated alkanes) is 1. The van der Waals surface area contributed by atoms with Gasteiger partial charge >= 0.3 is 0 Å². The molecule has 0 fully saturated rings. The number of rotatable bonds is 5. The average Bonchev–Trinajstić information content (AvgIpc) is 2.19. The average molecular weight is 191 g/mol. The molecule has 0 spiro atoms. The van der Waals surface area contributed by atoms with Crippen LogP contribution >= 0.6 is 0 Å². The van der Waals surface area contributed by atoms with E-state index in [0.29, 0.717) is 6.41 Å². The van der Waals surface area contributed by atoms with Crippen LogP contribution in [0.15, 0.2) is 18.2 Å². The molecule has 0 aliphatic heterocycles. The summed E-state index contributed by atoms with van der Waals surface area (Å²) in [5.41, 5.74) is 3.38. The molecular weight excluding hydrogens is 174 g/mol. The minimum atomic E-state index is 0.716. The third-order valence-corrected chi connectivity index (χ3v) is 2.32. The predicted molar refractivity (Wildman–Crippen MR) is 59.5 cm³/mol. The minimum absolute atomic E-state index is 0.716. The van der Waals surface area contributed by atoms with Crippen molar-refractivity contribution in [3.8, 4) is 0 Å². The van der Waals surface area contributed by atoms with E-state index in [9.17, 15) is 4.79 Å². The summed E-state index contributed by atoms with van der Waals surface area (Å²) in [6.45, 7) is 4.20. The van der Waals surface area contributed by atoms with Gasteiger partial charge in [0, 0.05) is 5.69 Å². The highest BCUT2D eigenvalue weighted by molar-refractivity contribution is 5.73. The molecule has 14 heavy (non-hydrogen) atoms. The van der Waals surface area contributed by atoms with Crippen LogP contribution in [-0.4, -0.2) is 6.41 Å². The first kappa shape index (κ1) is 10.8. The van der Waals surface area contributed by atoms with E-state index in [1.54, 1.807) is 0 Å². The molecule has 1 amide bonds. The van der Waals surface area contributed by atoms with Gasteiger partial charge in [-0.05, 0) is 37.0 Å². The van der Waals surface area contributed by atoms with Crippen molar-refractivity contribution < 1.29 is 4.79 Å². The molecule has 2 heteroatoms. The Labute approximate surface area is 85.3 Å². The number of benzene rings is 1. The molecule has 0 heterocycles. The lowest BCUT2D eigenvalue weighted by molar-refractivity contribution is -0.105. The van der Waals surface area contributed by atoms with E-state index in [-0.39, 0.29) is 0 Å². The molecule has 0 unspecified atom stereocenters. The van der Waals surface area contributed by atoms with Crippen LogP contribution < -0.4 is 5.32 Å². The molecule has 1 rings (SSSR count). The topological polar surface area (TPSA) is 29.1 Å². The summed E-state index contributed by atoms with van der Waals surface area (Å²) in [6, 6.07) is 6.19.